The summed E-state index contributed by atoms with van der Waals surface area (Å²) in [7, 11) is 1.37. The van der Waals surface area contributed by atoms with Gasteiger partial charge in [-0.15, -0.1) is 0 Å². The Morgan fingerprint density at radius 3 is 2.44 bits per heavy atom. The van der Waals surface area contributed by atoms with Gasteiger partial charge in [-0.2, -0.15) is 0 Å². The highest BCUT2D eigenvalue weighted by Crippen LogP contribution is 2.13. The number of nitrogens with zero attached hydrogens (tertiary/aromatic N) is 1. The highest BCUT2D eigenvalue weighted by molar-refractivity contribution is 5.99. The van der Waals surface area contributed by atoms with E-state index in [-0.39, 0.29) is 11.7 Å². The van der Waals surface area contributed by atoms with Crippen molar-refractivity contribution in [1.29, 1.82) is 0 Å². The highest BCUT2D eigenvalue weighted by atomic mass is 19.1. The van der Waals surface area contributed by atoms with Crippen LogP contribution in [0.15, 0.2) is 53.7 Å². The lowest BCUT2D eigenvalue weighted by Crippen LogP contribution is -2.19. The van der Waals surface area contributed by atoms with Gasteiger partial charge in [0.1, 0.15) is 12.9 Å². The van der Waals surface area contributed by atoms with E-state index in [0.29, 0.717) is 5.69 Å². The van der Waals surface area contributed by atoms with E-state index in [1.807, 2.05) is 24.3 Å². The van der Waals surface area contributed by atoms with Crippen molar-refractivity contribution >= 4 is 17.7 Å². The number of carbonyl (C=O) groups is 1. The molecule has 0 aliphatic heterocycles. The third-order valence-corrected chi connectivity index (χ3v) is 3.81. The number of carbonyl (C=O) groups excluding carboxylic acids is 1. The predicted octanol–water partition coefficient (Wildman–Crippen LogP) is 5.32. The van der Waals surface area contributed by atoms with Crippen LogP contribution in [0.25, 0.3) is 0 Å². The van der Waals surface area contributed by atoms with Crippen LogP contribution in [0.2, 0.25) is 0 Å². The fourth-order valence-corrected chi connectivity index (χ4v) is 2.44. The smallest absolute Gasteiger partial charge is 0.396 e. The molecule has 0 unspecified atom stereocenters. The summed E-state index contributed by atoms with van der Waals surface area (Å²) in [6.07, 6.45) is 5.48. The molecule has 5 nitrogen and oxygen atoms in total. The van der Waals surface area contributed by atoms with Gasteiger partial charge in [0.15, 0.2) is 0 Å². The standard InChI is InChI=1S/C21H24FN2O3/c1-3-4-5-6-16-7-9-17(10-8-16)15-20(24-26-2)27-21(25)23-19-13-11-18(22)12-14-19/h7-15H,3-6H2,1-2H3,(H,23,25). The molecule has 0 heterocycles. The van der Waals surface area contributed by atoms with E-state index in [2.05, 4.69) is 17.4 Å². The number of anilines is 1. The van der Waals surface area contributed by atoms with Crippen molar-refractivity contribution < 1.29 is 18.8 Å². The summed E-state index contributed by atoms with van der Waals surface area (Å²) in [5.41, 5.74) is 2.51. The largest absolute Gasteiger partial charge is 0.418 e. The van der Waals surface area contributed by atoms with Crippen LogP contribution in [0.1, 0.15) is 37.3 Å². The molecule has 0 saturated heterocycles. The number of rotatable bonds is 8. The molecule has 0 spiro atoms. The van der Waals surface area contributed by atoms with E-state index in [9.17, 15) is 9.18 Å². The van der Waals surface area contributed by atoms with Gasteiger partial charge in [0.05, 0.1) is 6.42 Å². The molecule has 27 heavy (non-hydrogen) atoms. The first kappa shape index (κ1) is 20.4. The summed E-state index contributed by atoms with van der Waals surface area (Å²) in [4.78, 5) is 16.7. The molecule has 0 aliphatic rings. The molecule has 2 rings (SSSR count). The zero-order valence-corrected chi connectivity index (χ0v) is 15.6. The van der Waals surface area contributed by atoms with Gasteiger partial charge in [-0.25, -0.2) is 9.18 Å². The normalized spacial score (nSPS) is 11.1. The number of ether oxygens (including phenoxy) is 1. The number of hydrogen-bond donors (Lipinski definition) is 1. The molecule has 0 saturated carbocycles. The van der Waals surface area contributed by atoms with Crippen LogP contribution in [0.3, 0.4) is 0 Å². The molecule has 1 N–H and O–H groups in total. The lowest BCUT2D eigenvalue weighted by molar-refractivity contribution is 0.188. The van der Waals surface area contributed by atoms with Crippen molar-refractivity contribution in [3.63, 3.8) is 0 Å². The predicted molar refractivity (Wildman–Crippen MR) is 104 cm³/mol. The van der Waals surface area contributed by atoms with Crippen molar-refractivity contribution in [2.45, 2.75) is 32.6 Å². The molecule has 2 aromatic carbocycles. The molecule has 0 bridgehead atoms. The number of unbranched alkanes of at least 4 members (excludes halogenated alkanes) is 2. The van der Waals surface area contributed by atoms with Gasteiger partial charge in [0, 0.05) is 5.69 Å². The highest BCUT2D eigenvalue weighted by Gasteiger charge is 2.12. The van der Waals surface area contributed by atoms with Gasteiger partial charge in [-0.1, -0.05) is 49.2 Å². The molecule has 0 aromatic heterocycles. The van der Waals surface area contributed by atoms with Crippen molar-refractivity contribution in [1.82, 2.24) is 0 Å². The lowest BCUT2D eigenvalue weighted by Gasteiger charge is -2.09. The van der Waals surface area contributed by atoms with Crippen LogP contribution < -0.4 is 5.32 Å². The molecular formula is C21H24FN2O3. The molecule has 2 aromatic rings. The number of aryl methyl sites for hydroxylation is 1. The second-order valence-corrected chi connectivity index (χ2v) is 5.98. The average molecular weight is 371 g/mol. The van der Waals surface area contributed by atoms with Crippen LogP contribution in [0, 0.1) is 12.2 Å². The van der Waals surface area contributed by atoms with Crippen LogP contribution in [-0.4, -0.2) is 19.1 Å². The zero-order chi connectivity index (χ0) is 19.5. The summed E-state index contributed by atoms with van der Waals surface area (Å²) in [6, 6.07) is 13.3. The Kier molecular flexibility index (Phi) is 8.29. The first-order valence-corrected chi connectivity index (χ1v) is 8.90. The van der Waals surface area contributed by atoms with E-state index in [4.69, 9.17) is 9.57 Å². The second kappa shape index (κ2) is 11.0. The Hall–Kier alpha value is -2.89. The van der Waals surface area contributed by atoms with Gasteiger partial charge in [-0.05, 0) is 48.2 Å². The maximum Gasteiger partial charge on any atom is 0.418 e. The summed E-state index contributed by atoms with van der Waals surface area (Å²) >= 11 is 0. The number of halogens is 1. The average Bonchev–Trinajstić information content (AvgIpc) is 2.65. The molecule has 0 fully saturated rings. The Balaban J connectivity index is 1.91. The molecule has 1 amide bonds. The Labute approximate surface area is 159 Å². The van der Waals surface area contributed by atoms with E-state index in [0.717, 1.165) is 12.0 Å². The van der Waals surface area contributed by atoms with E-state index in [1.54, 1.807) is 6.42 Å². The fourth-order valence-electron chi connectivity index (χ4n) is 2.44. The third kappa shape index (κ3) is 7.48. The minimum Gasteiger partial charge on any atom is -0.396 e. The Bertz CT molecular complexity index is 743. The van der Waals surface area contributed by atoms with Crippen molar-refractivity contribution in [3.05, 3.63) is 71.9 Å². The summed E-state index contributed by atoms with van der Waals surface area (Å²) in [6.45, 7) is 2.18. The minimum absolute atomic E-state index is 0.0100. The van der Waals surface area contributed by atoms with Crippen LogP contribution >= 0.6 is 0 Å². The van der Waals surface area contributed by atoms with Crippen molar-refractivity contribution in [3.8, 4) is 0 Å². The van der Waals surface area contributed by atoms with E-state index in [1.165, 1.54) is 56.2 Å². The molecule has 0 atom stereocenters. The van der Waals surface area contributed by atoms with E-state index >= 15 is 0 Å². The minimum atomic E-state index is -0.746. The maximum absolute atomic E-state index is 12.9. The molecular weight excluding hydrogens is 347 g/mol. The van der Waals surface area contributed by atoms with Gasteiger partial charge >= 0.3 is 6.09 Å². The topological polar surface area (TPSA) is 59.9 Å². The summed E-state index contributed by atoms with van der Waals surface area (Å²) in [5.74, 6) is -0.377. The van der Waals surface area contributed by atoms with Gasteiger partial charge in [-0.3, -0.25) is 5.32 Å². The van der Waals surface area contributed by atoms with Crippen LogP contribution in [0.4, 0.5) is 14.9 Å². The van der Waals surface area contributed by atoms with Crippen LogP contribution in [0.5, 0.6) is 0 Å². The first-order chi connectivity index (χ1) is 13.1. The number of amides is 1. The lowest BCUT2D eigenvalue weighted by atomic mass is 10.0. The summed E-state index contributed by atoms with van der Waals surface area (Å²) in [5, 5.41) is 6.21. The first-order valence-electron chi connectivity index (χ1n) is 8.90. The quantitative estimate of drug-likeness (QED) is 0.296. The SMILES string of the molecule is CCCCCc1ccc([CH]C(=NOC)OC(=O)Nc2ccc(F)cc2)cc1. The van der Waals surface area contributed by atoms with Gasteiger partial charge in [0.25, 0.3) is 0 Å². The van der Waals surface area contributed by atoms with E-state index < -0.39 is 6.09 Å². The summed E-state index contributed by atoms with van der Waals surface area (Å²) < 4.78 is 18.1. The molecule has 6 heteroatoms. The van der Waals surface area contributed by atoms with Crippen molar-refractivity contribution in [2.24, 2.45) is 5.16 Å². The number of nitrogens with one attached hydrogen (secondary N) is 1. The van der Waals surface area contributed by atoms with Crippen molar-refractivity contribution in [2.75, 3.05) is 12.4 Å². The zero-order valence-electron chi connectivity index (χ0n) is 15.6. The number of hydrogen-bond acceptors (Lipinski definition) is 4. The Morgan fingerprint density at radius 2 is 1.81 bits per heavy atom. The fraction of sp³-hybridized carbons (Fsp3) is 0.286. The molecule has 143 valence electrons. The Morgan fingerprint density at radius 1 is 1.11 bits per heavy atom. The number of benzene rings is 2. The van der Waals surface area contributed by atoms with Gasteiger partial charge in [0.2, 0.25) is 5.90 Å². The second-order valence-electron chi connectivity index (χ2n) is 5.98. The van der Waals surface area contributed by atoms with Gasteiger partial charge < -0.3 is 9.57 Å². The maximum atomic E-state index is 12.9. The molecule has 1 radical (unpaired) electrons. The third-order valence-electron chi connectivity index (χ3n) is 3.81. The monoisotopic (exact) mass is 371 g/mol. The number of oxime groups is 1. The molecule has 0 aliphatic carbocycles. The van der Waals surface area contributed by atoms with Crippen LogP contribution in [-0.2, 0) is 16.0 Å².